The van der Waals surface area contributed by atoms with Crippen LogP contribution in [0, 0.1) is 5.82 Å². The molecule has 0 radical (unpaired) electrons. The second-order valence-electron chi connectivity index (χ2n) is 7.42. The van der Waals surface area contributed by atoms with Crippen molar-refractivity contribution in [1.29, 1.82) is 0 Å². The summed E-state index contributed by atoms with van der Waals surface area (Å²) in [6, 6.07) is 3.26. The molecule has 7 nitrogen and oxygen atoms in total. The van der Waals surface area contributed by atoms with Gasteiger partial charge in [-0.1, -0.05) is 31.7 Å². The maximum atomic E-state index is 15.0. The molecular formula is C24H26F2N4O3. The number of hydrogen-bond acceptors (Lipinski definition) is 5. The van der Waals surface area contributed by atoms with Gasteiger partial charge in [-0.25, -0.2) is 13.8 Å². The molecule has 0 spiro atoms. The number of likely N-dealkylation sites (N-methyl/N-ethyl adjacent to an activating group) is 1. The average Bonchev–Trinajstić information content (AvgIpc) is 2.83. The summed E-state index contributed by atoms with van der Waals surface area (Å²) in [6.45, 7) is 7.64. The summed E-state index contributed by atoms with van der Waals surface area (Å²) in [6.07, 6.45) is 4.82. The summed E-state index contributed by atoms with van der Waals surface area (Å²) in [5.41, 5.74) is 1.54. The first-order chi connectivity index (χ1) is 15.8. The monoisotopic (exact) mass is 456 g/mol. The topological polar surface area (TPSA) is 87.3 Å². The zero-order valence-electron chi connectivity index (χ0n) is 18.8. The van der Waals surface area contributed by atoms with E-state index in [4.69, 9.17) is 4.84 Å². The standard InChI is InChI=1S/C24H26F2N4O3/c1-5-15(23(31)27-4)11-18(25)14(3)17-9-10-30(33-13-17)12-16-7-8-20-22(21(16)26)29-24(32)19(6-2)28-20/h5,7-9,11H,3,6,10,12-13H2,1-2,4H3,(H,27,31)(H,29,32)/b15-5+,18-11+. The van der Waals surface area contributed by atoms with Crippen molar-refractivity contribution in [2.75, 3.05) is 20.2 Å². The van der Waals surface area contributed by atoms with Gasteiger partial charge in [0.2, 0.25) is 0 Å². The minimum atomic E-state index is -0.640. The van der Waals surface area contributed by atoms with Crippen LogP contribution in [-0.4, -0.2) is 41.1 Å². The third kappa shape index (κ3) is 5.32. The van der Waals surface area contributed by atoms with Gasteiger partial charge < -0.3 is 10.3 Å². The highest BCUT2D eigenvalue weighted by Crippen LogP contribution is 2.25. The number of halogens is 2. The van der Waals surface area contributed by atoms with E-state index < -0.39 is 23.1 Å². The summed E-state index contributed by atoms with van der Waals surface area (Å²) >= 11 is 0. The van der Waals surface area contributed by atoms with Crippen molar-refractivity contribution < 1.29 is 18.4 Å². The number of amides is 1. The molecule has 2 aromatic rings. The van der Waals surface area contributed by atoms with Crippen molar-refractivity contribution in [3.8, 4) is 0 Å². The molecule has 0 bridgehead atoms. The number of hydrogen-bond donors (Lipinski definition) is 2. The molecule has 2 N–H and O–H groups in total. The molecule has 0 saturated heterocycles. The molecule has 0 atom stereocenters. The summed E-state index contributed by atoms with van der Waals surface area (Å²) < 4.78 is 29.6. The zero-order valence-corrected chi connectivity index (χ0v) is 18.8. The number of aryl methyl sites for hydroxylation is 1. The molecule has 0 aliphatic carbocycles. The molecule has 3 rings (SSSR count). The van der Waals surface area contributed by atoms with Gasteiger partial charge in [0.15, 0.2) is 5.82 Å². The van der Waals surface area contributed by atoms with Crippen molar-refractivity contribution in [1.82, 2.24) is 20.3 Å². The lowest BCUT2D eigenvalue weighted by atomic mass is 10.0. The smallest absolute Gasteiger partial charge is 0.270 e. The highest BCUT2D eigenvalue weighted by Gasteiger charge is 2.20. The normalized spacial score (nSPS) is 15.5. The van der Waals surface area contributed by atoms with E-state index in [1.807, 2.05) is 0 Å². The Morgan fingerprint density at radius 1 is 1.42 bits per heavy atom. The van der Waals surface area contributed by atoms with Gasteiger partial charge in [-0.2, -0.15) is 5.06 Å². The van der Waals surface area contributed by atoms with E-state index in [1.165, 1.54) is 18.2 Å². The first kappa shape index (κ1) is 24.2. The number of carbonyl (C=O) groups excluding carboxylic acids is 1. The van der Waals surface area contributed by atoms with E-state index >= 15 is 0 Å². The minimum Gasteiger partial charge on any atom is -0.355 e. The number of rotatable bonds is 7. The van der Waals surface area contributed by atoms with Gasteiger partial charge in [-0.3, -0.25) is 14.4 Å². The van der Waals surface area contributed by atoms with Crippen LogP contribution in [0.25, 0.3) is 11.0 Å². The molecule has 1 aromatic heterocycles. The Morgan fingerprint density at radius 3 is 2.79 bits per heavy atom. The SMILES string of the molecule is C=C(C1=CCN(Cc2ccc3nc(CC)c(=O)[nH]c3c2F)OC1)/C(F)=C\C(=C/C)C(=O)NC. The molecule has 0 fully saturated rings. The van der Waals surface area contributed by atoms with E-state index in [2.05, 4.69) is 21.9 Å². The van der Waals surface area contributed by atoms with Gasteiger partial charge in [0.05, 0.1) is 18.7 Å². The third-order valence-electron chi connectivity index (χ3n) is 5.34. The minimum absolute atomic E-state index is 0.0404. The van der Waals surface area contributed by atoms with Crippen molar-refractivity contribution in [2.24, 2.45) is 0 Å². The molecule has 33 heavy (non-hydrogen) atoms. The molecule has 2 heterocycles. The molecule has 1 aliphatic rings. The quantitative estimate of drug-likeness (QED) is 0.493. The number of nitrogens with zero attached hydrogens (tertiary/aromatic N) is 2. The van der Waals surface area contributed by atoms with Crippen LogP contribution in [-0.2, 0) is 22.6 Å². The number of H-pyrrole nitrogens is 1. The first-order valence-corrected chi connectivity index (χ1v) is 10.5. The summed E-state index contributed by atoms with van der Waals surface area (Å²) in [7, 11) is 1.47. The molecule has 1 amide bonds. The fraction of sp³-hybridized carbons (Fsp3) is 0.292. The highest BCUT2D eigenvalue weighted by atomic mass is 19.1. The third-order valence-corrected chi connectivity index (χ3v) is 5.34. The number of fused-ring (bicyclic) bond motifs is 1. The van der Waals surface area contributed by atoms with Gasteiger partial charge in [0.25, 0.3) is 11.5 Å². The molecule has 174 valence electrons. The maximum absolute atomic E-state index is 15.0. The van der Waals surface area contributed by atoms with Crippen LogP contribution < -0.4 is 10.9 Å². The zero-order chi connectivity index (χ0) is 24.1. The Hall–Kier alpha value is -3.43. The average molecular weight is 456 g/mol. The maximum Gasteiger partial charge on any atom is 0.270 e. The second kappa shape index (κ2) is 10.5. The predicted molar refractivity (Wildman–Crippen MR) is 122 cm³/mol. The largest absolute Gasteiger partial charge is 0.355 e. The van der Waals surface area contributed by atoms with Crippen LogP contribution >= 0.6 is 0 Å². The Labute approximate surface area is 190 Å². The van der Waals surface area contributed by atoms with E-state index in [1.54, 1.807) is 32.1 Å². The van der Waals surface area contributed by atoms with Crippen LogP contribution in [0.3, 0.4) is 0 Å². The molecule has 1 aromatic carbocycles. The van der Waals surface area contributed by atoms with Crippen molar-refractivity contribution in [2.45, 2.75) is 26.8 Å². The number of aromatic amines is 1. The number of nitrogens with one attached hydrogen (secondary N) is 2. The lowest BCUT2D eigenvalue weighted by Crippen LogP contribution is -2.29. The van der Waals surface area contributed by atoms with Crippen molar-refractivity contribution in [3.63, 3.8) is 0 Å². The van der Waals surface area contributed by atoms with E-state index in [-0.39, 0.29) is 36.4 Å². The van der Waals surface area contributed by atoms with Crippen LogP contribution in [0.15, 0.2) is 64.3 Å². The van der Waals surface area contributed by atoms with Crippen molar-refractivity contribution in [3.05, 3.63) is 86.9 Å². The molecule has 0 saturated carbocycles. The lowest BCUT2D eigenvalue weighted by Gasteiger charge is -2.26. The summed E-state index contributed by atoms with van der Waals surface area (Å²) in [5.74, 6) is -1.61. The number of aromatic nitrogens is 2. The molecular weight excluding hydrogens is 430 g/mol. The number of benzene rings is 1. The fourth-order valence-corrected chi connectivity index (χ4v) is 3.36. The highest BCUT2D eigenvalue weighted by molar-refractivity contribution is 5.96. The Balaban J connectivity index is 1.73. The Morgan fingerprint density at radius 2 is 2.18 bits per heavy atom. The number of hydroxylamine groups is 2. The van der Waals surface area contributed by atoms with Crippen molar-refractivity contribution >= 4 is 16.9 Å². The molecule has 9 heteroatoms. The molecule has 1 aliphatic heterocycles. The summed E-state index contributed by atoms with van der Waals surface area (Å²) in [4.78, 5) is 36.2. The Bertz CT molecular complexity index is 1240. The number of carbonyl (C=O) groups is 1. The van der Waals surface area contributed by atoms with Gasteiger partial charge in [-0.05, 0) is 31.1 Å². The van der Waals surface area contributed by atoms with Gasteiger partial charge in [0, 0.05) is 30.3 Å². The van der Waals surface area contributed by atoms with Crippen LogP contribution in [0.4, 0.5) is 8.78 Å². The summed E-state index contributed by atoms with van der Waals surface area (Å²) in [5, 5.41) is 3.97. The number of allylic oxidation sites excluding steroid dienone is 2. The van der Waals surface area contributed by atoms with Crippen LogP contribution in [0.5, 0.6) is 0 Å². The van der Waals surface area contributed by atoms with Crippen LogP contribution in [0.1, 0.15) is 25.1 Å². The lowest BCUT2D eigenvalue weighted by molar-refractivity contribution is -0.157. The molecule has 0 unspecified atom stereocenters. The Kier molecular flexibility index (Phi) is 7.67. The van der Waals surface area contributed by atoms with Crippen LogP contribution in [0.2, 0.25) is 0 Å². The van der Waals surface area contributed by atoms with E-state index in [0.29, 0.717) is 28.8 Å². The fourth-order valence-electron chi connectivity index (χ4n) is 3.36. The second-order valence-corrected chi connectivity index (χ2v) is 7.42. The first-order valence-electron chi connectivity index (χ1n) is 10.5. The van der Waals surface area contributed by atoms with E-state index in [0.717, 1.165) is 6.08 Å². The van der Waals surface area contributed by atoms with E-state index in [9.17, 15) is 18.4 Å². The van der Waals surface area contributed by atoms with Gasteiger partial charge >= 0.3 is 0 Å². The predicted octanol–water partition coefficient (Wildman–Crippen LogP) is 3.40. The van der Waals surface area contributed by atoms with Gasteiger partial charge in [0.1, 0.15) is 17.0 Å². The van der Waals surface area contributed by atoms with Gasteiger partial charge in [-0.15, -0.1) is 0 Å².